The predicted molar refractivity (Wildman–Crippen MR) is 70.6 cm³/mol. The van der Waals surface area contributed by atoms with E-state index in [1.807, 2.05) is 39.8 Å². The average molecular weight is 250 g/mol. The maximum Gasteiger partial charge on any atom is 0.115 e. The van der Waals surface area contributed by atoms with Gasteiger partial charge in [-0.1, -0.05) is 12.1 Å². The number of phenolic OH excluding ortho intramolecular Hbond substituents is 1. The number of rotatable bonds is 2. The van der Waals surface area contributed by atoms with Gasteiger partial charge in [0.05, 0.1) is 16.8 Å². The third-order valence-corrected chi connectivity index (χ3v) is 3.80. The molecule has 1 aliphatic heterocycles. The largest absolute Gasteiger partial charge is 0.508 e. The van der Waals surface area contributed by atoms with Crippen molar-refractivity contribution in [3.05, 3.63) is 29.8 Å². The Hall–Kier alpha value is -1.06. The summed E-state index contributed by atoms with van der Waals surface area (Å²) >= 11 is 0. The van der Waals surface area contributed by atoms with Gasteiger partial charge in [0.25, 0.3) is 0 Å². The summed E-state index contributed by atoms with van der Waals surface area (Å²) in [5.74, 6) is 0.244. The summed E-state index contributed by atoms with van der Waals surface area (Å²) in [5.41, 5.74) is -0.763. The van der Waals surface area contributed by atoms with E-state index in [4.69, 9.17) is 4.74 Å². The Labute approximate surface area is 108 Å². The van der Waals surface area contributed by atoms with Crippen molar-refractivity contribution < 1.29 is 14.9 Å². The van der Waals surface area contributed by atoms with Crippen LogP contribution in [0, 0.1) is 0 Å². The Morgan fingerprint density at radius 1 is 1.11 bits per heavy atom. The SMILES string of the molecule is CC1(C)CC(O)(Cc2ccc(O)cc2)C(C)(C)O1. The predicted octanol–water partition coefficient (Wildman–Crippen LogP) is 2.64. The van der Waals surface area contributed by atoms with Gasteiger partial charge >= 0.3 is 0 Å². The lowest BCUT2D eigenvalue weighted by molar-refractivity contribution is -0.125. The maximum absolute atomic E-state index is 10.9. The highest BCUT2D eigenvalue weighted by molar-refractivity contribution is 5.28. The fourth-order valence-corrected chi connectivity index (χ4v) is 2.97. The molecule has 3 nitrogen and oxygen atoms in total. The van der Waals surface area contributed by atoms with Crippen molar-refractivity contribution in [1.29, 1.82) is 0 Å². The van der Waals surface area contributed by atoms with Crippen LogP contribution in [0.4, 0.5) is 0 Å². The van der Waals surface area contributed by atoms with E-state index in [0.29, 0.717) is 12.8 Å². The molecule has 0 spiro atoms. The molecule has 1 aromatic carbocycles. The summed E-state index contributed by atoms with van der Waals surface area (Å²) in [4.78, 5) is 0. The minimum atomic E-state index is -0.881. The molecule has 2 rings (SSSR count). The third-order valence-electron chi connectivity index (χ3n) is 3.80. The van der Waals surface area contributed by atoms with Crippen LogP contribution in [0.25, 0.3) is 0 Å². The first kappa shape index (κ1) is 13.4. The summed E-state index contributed by atoms with van der Waals surface area (Å²) in [6.07, 6.45) is 1.14. The first-order valence-corrected chi connectivity index (χ1v) is 6.34. The van der Waals surface area contributed by atoms with E-state index >= 15 is 0 Å². The van der Waals surface area contributed by atoms with Gasteiger partial charge in [0.2, 0.25) is 0 Å². The molecule has 0 saturated carbocycles. The van der Waals surface area contributed by atoms with Crippen molar-refractivity contribution in [2.24, 2.45) is 0 Å². The van der Waals surface area contributed by atoms with Crippen LogP contribution in [-0.4, -0.2) is 27.0 Å². The zero-order chi connectivity index (χ0) is 13.6. The third kappa shape index (κ3) is 2.38. The molecular weight excluding hydrogens is 228 g/mol. The van der Waals surface area contributed by atoms with Crippen molar-refractivity contribution >= 4 is 0 Å². The molecule has 1 aromatic rings. The second-order valence-electron chi connectivity index (χ2n) is 6.42. The average Bonchev–Trinajstić information content (AvgIpc) is 2.34. The molecule has 1 atom stereocenters. The van der Waals surface area contributed by atoms with Gasteiger partial charge in [-0.25, -0.2) is 0 Å². The Balaban J connectivity index is 2.24. The second kappa shape index (κ2) is 3.97. The van der Waals surface area contributed by atoms with Crippen LogP contribution in [0.3, 0.4) is 0 Å². The van der Waals surface area contributed by atoms with Gasteiger partial charge in [-0.15, -0.1) is 0 Å². The normalized spacial score (nSPS) is 29.4. The summed E-state index contributed by atoms with van der Waals surface area (Å²) in [7, 11) is 0. The van der Waals surface area contributed by atoms with Crippen LogP contribution in [0.15, 0.2) is 24.3 Å². The van der Waals surface area contributed by atoms with Crippen molar-refractivity contribution in [1.82, 2.24) is 0 Å². The van der Waals surface area contributed by atoms with E-state index in [9.17, 15) is 10.2 Å². The molecule has 100 valence electrons. The lowest BCUT2D eigenvalue weighted by atomic mass is 9.78. The summed E-state index contributed by atoms with van der Waals surface area (Å²) < 4.78 is 5.95. The highest BCUT2D eigenvalue weighted by atomic mass is 16.5. The first-order chi connectivity index (χ1) is 8.14. The van der Waals surface area contributed by atoms with Gasteiger partial charge in [0, 0.05) is 12.8 Å². The molecule has 1 heterocycles. The van der Waals surface area contributed by atoms with Crippen LogP contribution in [-0.2, 0) is 11.2 Å². The molecule has 0 aromatic heterocycles. The van der Waals surface area contributed by atoms with Crippen molar-refractivity contribution in [3.8, 4) is 5.75 Å². The first-order valence-electron chi connectivity index (χ1n) is 6.34. The van der Waals surface area contributed by atoms with Crippen LogP contribution < -0.4 is 0 Å². The smallest absolute Gasteiger partial charge is 0.115 e. The minimum absolute atomic E-state index is 0.244. The fraction of sp³-hybridized carbons (Fsp3) is 0.600. The van der Waals surface area contributed by atoms with Gasteiger partial charge in [-0.2, -0.15) is 0 Å². The zero-order valence-corrected chi connectivity index (χ0v) is 11.5. The quantitative estimate of drug-likeness (QED) is 0.848. The second-order valence-corrected chi connectivity index (χ2v) is 6.42. The van der Waals surface area contributed by atoms with Crippen LogP contribution >= 0.6 is 0 Å². The van der Waals surface area contributed by atoms with Gasteiger partial charge in [0.1, 0.15) is 5.75 Å². The van der Waals surface area contributed by atoms with E-state index in [0.717, 1.165) is 5.56 Å². The molecule has 0 radical (unpaired) electrons. The number of hydrogen-bond acceptors (Lipinski definition) is 3. The van der Waals surface area contributed by atoms with E-state index in [-0.39, 0.29) is 11.4 Å². The topological polar surface area (TPSA) is 49.7 Å². The van der Waals surface area contributed by atoms with Gasteiger partial charge in [0.15, 0.2) is 0 Å². The number of aromatic hydroxyl groups is 1. The van der Waals surface area contributed by atoms with Crippen LogP contribution in [0.5, 0.6) is 5.75 Å². The van der Waals surface area contributed by atoms with E-state index < -0.39 is 11.2 Å². The van der Waals surface area contributed by atoms with Crippen molar-refractivity contribution in [2.45, 2.75) is 57.3 Å². The molecule has 18 heavy (non-hydrogen) atoms. The van der Waals surface area contributed by atoms with E-state index in [1.54, 1.807) is 12.1 Å². The standard InChI is InChI=1S/C15H22O3/c1-13(2)10-15(17,14(3,4)18-13)9-11-5-7-12(16)8-6-11/h5-8,16-17H,9-10H2,1-4H3. The van der Waals surface area contributed by atoms with Gasteiger partial charge in [-0.05, 0) is 45.4 Å². The molecule has 1 saturated heterocycles. The Morgan fingerprint density at radius 2 is 1.67 bits per heavy atom. The molecule has 2 N–H and O–H groups in total. The monoisotopic (exact) mass is 250 g/mol. The molecule has 0 amide bonds. The Bertz CT molecular complexity index is 434. The highest BCUT2D eigenvalue weighted by Gasteiger charge is 2.56. The fourth-order valence-electron chi connectivity index (χ4n) is 2.97. The zero-order valence-electron chi connectivity index (χ0n) is 11.5. The number of ether oxygens (including phenoxy) is 1. The molecule has 0 bridgehead atoms. The molecule has 3 heteroatoms. The number of aliphatic hydroxyl groups is 1. The Morgan fingerprint density at radius 3 is 2.11 bits per heavy atom. The molecule has 0 aliphatic carbocycles. The molecular formula is C15H22O3. The van der Waals surface area contributed by atoms with Crippen molar-refractivity contribution in [2.75, 3.05) is 0 Å². The molecule has 1 unspecified atom stereocenters. The highest BCUT2D eigenvalue weighted by Crippen LogP contribution is 2.46. The lowest BCUT2D eigenvalue weighted by Gasteiger charge is -2.35. The van der Waals surface area contributed by atoms with Crippen LogP contribution in [0.1, 0.15) is 39.7 Å². The van der Waals surface area contributed by atoms with Crippen molar-refractivity contribution in [3.63, 3.8) is 0 Å². The number of benzene rings is 1. The van der Waals surface area contributed by atoms with E-state index in [1.165, 1.54) is 0 Å². The maximum atomic E-state index is 10.9. The van der Waals surface area contributed by atoms with Gasteiger partial charge < -0.3 is 14.9 Å². The summed E-state index contributed by atoms with van der Waals surface area (Å²) in [6.45, 7) is 7.87. The van der Waals surface area contributed by atoms with Crippen LogP contribution in [0.2, 0.25) is 0 Å². The minimum Gasteiger partial charge on any atom is -0.508 e. The summed E-state index contributed by atoms with van der Waals surface area (Å²) in [5, 5.41) is 20.2. The number of hydrogen-bond donors (Lipinski definition) is 2. The number of phenols is 1. The Kier molecular flexibility index (Phi) is 2.95. The summed E-state index contributed by atoms with van der Waals surface area (Å²) in [6, 6.07) is 6.97. The molecule has 1 aliphatic rings. The lowest BCUT2D eigenvalue weighted by Crippen LogP contribution is -2.47. The van der Waals surface area contributed by atoms with Gasteiger partial charge in [-0.3, -0.25) is 0 Å². The molecule has 1 fully saturated rings. The van der Waals surface area contributed by atoms with E-state index in [2.05, 4.69) is 0 Å².